The maximum Gasteiger partial charge on any atom is 0.123 e. The van der Waals surface area contributed by atoms with Gasteiger partial charge in [-0.2, -0.15) is 0 Å². The van der Waals surface area contributed by atoms with Crippen molar-refractivity contribution in [3.63, 3.8) is 0 Å². The van der Waals surface area contributed by atoms with Crippen LogP contribution >= 0.6 is 11.8 Å². The molecule has 0 bridgehead atoms. The second-order valence-corrected chi connectivity index (χ2v) is 12.4. The van der Waals surface area contributed by atoms with E-state index in [1.807, 2.05) is 18.2 Å². The molecule has 4 aromatic rings. The van der Waals surface area contributed by atoms with Crippen molar-refractivity contribution >= 4 is 34.5 Å². The van der Waals surface area contributed by atoms with E-state index < -0.39 is 0 Å². The fourth-order valence-electron chi connectivity index (χ4n) is 4.43. The third kappa shape index (κ3) is 6.54. The zero-order valence-corrected chi connectivity index (χ0v) is 24.3. The van der Waals surface area contributed by atoms with E-state index in [1.165, 1.54) is 4.90 Å². The molecule has 0 atom stereocenters. The molecule has 0 fully saturated rings. The molecule has 0 amide bonds. The van der Waals surface area contributed by atoms with Gasteiger partial charge in [-0.25, -0.2) is 0 Å². The van der Waals surface area contributed by atoms with Crippen LogP contribution in [0.25, 0.3) is 0 Å². The number of benzene rings is 4. The molecular weight excluding hydrogens is 484 g/mol. The average Bonchev–Trinajstić information content (AvgIpc) is 2.91. The van der Waals surface area contributed by atoms with Gasteiger partial charge >= 0.3 is 0 Å². The van der Waals surface area contributed by atoms with Gasteiger partial charge in [-0.15, -0.1) is 11.8 Å². The molecule has 0 saturated heterocycles. The zero-order chi connectivity index (χ0) is 27.3. The van der Waals surface area contributed by atoms with Gasteiger partial charge < -0.3 is 15.3 Å². The summed E-state index contributed by atoms with van der Waals surface area (Å²) < 4.78 is 0. The minimum absolute atomic E-state index is 0.110. The highest BCUT2D eigenvalue weighted by molar-refractivity contribution is 7.99. The third-order valence-electron chi connectivity index (χ3n) is 7.17. The van der Waals surface area contributed by atoms with E-state index in [0.29, 0.717) is 5.75 Å². The first kappa shape index (κ1) is 27.7. The number of hydrogen-bond donors (Lipinski definition) is 2. The molecule has 0 heterocycles. The molecule has 0 aliphatic rings. The van der Waals surface area contributed by atoms with Gasteiger partial charge in [-0.1, -0.05) is 77.9 Å². The number of nitrogens with zero attached hydrogens (tertiary/aromatic N) is 1. The molecule has 0 aromatic heterocycles. The number of thioether (sulfide) groups is 1. The molecule has 3 nitrogen and oxygen atoms in total. The second kappa shape index (κ2) is 11.6. The van der Waals surface area contributed by atoms with Crippen molar-refractivity contribution in [1.29, 1.82) is 0 Å². The molecule has 0 aliphatic heterocycles. The van der Waals surface area contributed by atoms with Crippen molar-refractivity contribution in [3.05, 3.63) is 108 Å². The topological polar surface area (TPSA) is 35.5 Å². The van der Waals surface area contributed by atoms with Crippen molar-refractivity contribution in [2.45, 2.75) is 63.7 Å². The SMILES string of the molecule is CCC(C)(C)c1cc(SCN(c2ccccc2)c2ccc(Nc3ccccc3)cc2)cc(C(C)(C)C)c1O. The van der Waals surface area contributed by atoms with Gasteiger partial charge in [0.2, 0.25) is 0 Å². The Morgan fingerprint density at radius 1 is 0.711 bits per heavy atom. The Kier molecular flexibility index (Phi) is 8.42. The van der Waals surface area contributed by atoms with E-state index in [0.717, 1.165) is 46.2 Å². The third-order valence-corrected chi connectivity index (χ3v) is 8.13. The summed E-state index contributed by atoms with van der Waals surface area (Å²) in [5.41, 5.74) is 6.17. The first-order valence-electron chi connectivity index (χ1n) is 13.3. The summed E-state index contributed by atoms with van der Waals surface area (Å²) in [6, 6.07) is 33.7. The molecule has 0 radical (unpaired) electrons. The normalized spacial score (nSPS) is 11.8. The Labute approximate surface area is 232 Å². The number of hydrogen-bond acceptors (Lipinski definition) is 4. The van der Waals surface area contributed by atoms with Crippen molar-refractivity contribution in [2.75, 3.05) is 16.1 Å². The Hall–Kier alpha value is -3.37. The van der Waals surface area contributed by atoms with E-state index >= 15 is 0 Å². The summed E-state index contributed by atoms with van der Waals surface area (Å²) in [5.74, 6) is 1.19. The number of aromatic hydroxyl groups is 1. The Balaban J connectivity index is 1.64. The minimum atomic E-state index is -0.153. The van der Waals surface area contributed by atoms with Gasteiger partial charge in [-0.05, 0) is 77.9 Å². The average molecular weight is 525 g/mol. The van der Waals surface area contributed by atoms with Crippen molar-refractivity contribution < 1.29 is 5.11 Å². The molecule has 38 heavy (non-hydrogen) atoms. The Morgan fingerprint density at radius 2 is 1.24 bits per heavy atom. The van der Waals surface area contributed by atoms with Crippen LogP contribution in [0.4, 0.5) is 22.7 Å². The lowest BCUT2D eigenvalue weighted by atomic mass is 9.77. The van der Waals surface area contributed by atoms with Crippen LogP contribution in [0.3, 0.4) is 0 Å². The van der Waals surface area contributed by atoms with Crippen LogP contribution in [0.2, 0.25) is 0 Å². The maximum absolute atomic E-state index is 11.3. The van der Waals surface area contributed by atoms with Crippen molar-refractivity contribution in [1.82, 2.24) is 0 Å². The van der Waals surface area contributed by atoms with Crippen LogP contribution in [-0.4, -0.2) is 11.0 Å². The lowest BCUT2D eigenvalue weighted by Crippen LogP contribution is -2.20. The maximum atomic E-state index is 11.3. The Morgan fingerprint density at radius 3 is 1.82 bits per heavy atom. The van der Waals surface area contributed by atoms with Crippen LogP contribution in [0.5, 0.6) is 5.75 Å². The number of para-hydroxylation sites is 2. The summed E-state index contributed by atoms with van der Waals surface area (Å²) in [6.45, 7) is 13.1. The highest BCUT2D eigenvalue weighted by Gasteiger charge is 2.28. The first-order valence-corrected chi connectivity index (χ1v) is 14.3. The minimum Gasteiger partial charge on any atom is -0.507 e. The predicted molar refractivity (Wildman–Crippen MR) is 166 cm³/mol. The summed E-state index contributed by atoms with van der Waals surface area (Å²) in [7, 11) is 0. The lowest BCUT2D eigenvalue weighted by Gasteiger charge is -2.30. The summed E-state index contributed by atoms with van der Waals surface area (Å²) in [5, 5.41) is 14.7. The van der Waals surface area contributed by atoms with Crippen molar-refractivity contribution in [2.24, 2.45) is 0 Å². The van der Waals surface area contributed by atoms with Crippen LogP contribution in [-0.2, 0) is 10.8 Å². The van der Waals surface area contributed by atoms with Gasteiger partial charge in [0.15, 0.2) is 0 Å². The number of nitrogens with one attached hydrogen (secondary N) is 1. The van der Waals surface area contributed by atoms with Gasteiger partial charge in [0.1, 0.15) is 5.75 Å². The van der Waals surface area contributed by atoms with Crippen LogP contribution < -0.4 is 10.2 Å². The predicted octanol–water partition coefficient (Wildman–Crippen LogP) is 10.0. The fourth-order valence-corrected chi connectivity index (χ4v) is 5.41. The van der Waals surface area contributed by atoms with Crippen LogP contribution in [0, 0.1) is 0 Å². The standard InChI is InChI=1S/C34H40N2OS/c1-7-34(5,6)31-23-29(22-30(32(31)37)33(2,3)4)38-24-36(27-16-12-9-13-17-27)28-20-18-26(19-21-28)35-25-14-10-8-11-15-25/h8-23,35,37H,7,24H2,1-6H3. The summed E-state index contributed by atoms with van der Waals surface area (Å²) in [6.07, 6.45) is 0.956. The largest absolute Gasteiger partial charge is 0.507 e. The molecule has 0 aliphatic carbocycles. The molecule has 4 rings (SSSR count). The van der Waals surface area contributed by atoms with Crippen LogP contribution in [0.1, 0.15) is 59.1 Å². The van der Waals surface area contributed by atoms with E-state index in [-0.39, 0.29) is 10.8 Å². The van der Waals surface area contributed by atoms with E-state index in [9.17, 15) is 5.11 Å². The van der Waals surface area contributed by atoms with E-state index in [1.54, 1.807) is 11.8 Å². The van der Waals surface area contributed by atoms with Gasteiger partial charge in [0.25, 0.3) is 0 Å². The smallest absolute Gasteiger partial charge is 0.123 e. The van der Waals surface area contributed by atoms with Gasteiger partial charge in [-0.3, -0.25) is 0 Å². The lowest BCUT2D eigenvalue weighted by molar-refractivity contribution is 0.409. The zero-order valence-electron chi connectivity index (χ0n) is 23.5. The number of rotatable bonds is 9. The molecular formula is C34H40N2OS. The number of anilines is 4. The molecule has 2 N–H and O–H groups in total. The molecule has 4 aromatic carbocycles. The summed E-state index contributed by atoms with van der Waals surface area (Å²) >= 11 is 1.80. The van der Waals surface area contributed by atoms with Crippen LogP contribution in [0.15, 0.2) is 102 Å². The highest BCUT2D eigenvalue weighted by Crippen LogP contribution is 2.43. The van der Waals surface area contributed by atoms with E-state index in [2.05, 4.69) is 131 Å². The quantitative estimate of drug-likeness (QED) is 0.169. The molecule has 198 valence electrons. The van der Waals surface area contributed by atoms with E-state index in [4.69, 9.17) is 0 Å². The Bertz CT molecular complexity index is 1330. The molecule has 0 spiro atoms. The van der Waals surface area contributed by atoms with Gasteiger partial charge in [0, 0.05) is 38.8 Å². The monoisotopic (exact) mass is 524 g/mol. The highest BCUT2D eigenvalue weighted by atomic mass is 32.2. The van der Waals surface area contributed by atoms with Gasteiger partial charge in [0.05, 0.1) is 5.88 Å². The number of phenolic OH excluding ortho intramolecular Hbond substituents is 1. The first-order chi connectivity index (χ1) is 18.1. The molecule has 4 heteroatoms. The summed E-state index contributed by atoms with van der Waals surface area (Å²) in [4.78, 5) is 3.51. The van der Waals surface area contributed by atoms with Crippen molar-refractivity contribution in [3.8, 4) is 5.75 Å². The second-order valence-electron chi connectivity index (χ2n) is 11.4. The fraction of sp³-hybridized carbons (Fsp3) is 0.294. The molecule has 0 saturated carbocycles. The molecule has 0 unspecified atom stereocenters. The number of phenols is 1.